The number of amides is 1. The van der Waals surface area contributed by atoms with Crippen LogP contribution in [-0.4, -0.2) is 55.5 Å². The molecule has 0 aliphatic carbocycles. The minimum atomic E-state index is -0.140. The Morgan fingerprint density at radius 1 is 1.45 bits per heavy atom. The number of likely N-dealkylation sites (N-methyl/N-ethyl adjacent to an activating group) is 1. The normalized spacial score (nSPS) is 21.5. The molecule has 1 fully saturated rings. The lowest BCUT2D eigenvalue weighted by atomic mass is 10.1. The molecule has 0 N–H and O–H groups in total. The van der Waals surface area contributed by atoms with Crippen LogP contribution in [0, 0.1) is 0 Å². The molecule has 0 spiro atoms. The molecule has 1 aliphatic heterocycles. The van der Waals surface area contributed by atoms with Crippen molar-refractivity contribution in [2.75, 3.05) is 33.8 Å². The maximum atomic E-state index is 12.1. The molecule has 1 heterocycles. The maximum absolute atomic E-state index is 12.1. The van der Waals surface area contributed by atoms with Crippen molar-refractivity contribution in [3.8, 4) is 0 Å². The first kappa shape index (κ1) is 15.3. The van der Waals surface area contributed by atoms with Crippen LogP contribution >= 0.6 is 11.6 Å². The van der Waals surface area contributed by atoms with Gasteiger partial charge in [0.1, 0.15) is 0 Å². The maximum Gasteiger partial charge on any atom is 0.239 e. The summed E-state index contributed by atoms with van der Waals surface area (Å²) in [5.41, 5.74) is 0.989. The molecule has 1 aliphatic rings. The zero-order chi connectivity index (χ0) is 14.7. The summed E-state index contributed by atoms with van der Waals surface area (Å²) >= 11 is 6.22. The molecule has 1 aromatic rings. The summed E-state index contributed by atoms with van der Waals surface area (Å²) in [6.07, 6.45) is -0.0742. The molecule has 0 bridgehead atoms. The molecule has 0 unspecified atom stereocenters. The largest absolute Gasteiger partial charge is 0.371 e. The van der Waals surface area contributed by atoms with Gasteiger partial charge in [-0.3, -0.25) is 9.69 Å². The van der Waals surface area contributed by atoms with E-state index < -0.39 is 0 Å². The number of carbonyl (C=O) groups is 1. The van der Waals surface area contributed by atoms with E-state index in [0.717, 1.165) is 12.1 Å². The number of morpholine rings is 1. The Morgan fingerprint density at radius 3 is 2.80 bits per heavy atom. The molecule has 0 saturated carbocycles. The lowest BCUT2D eigenvalue weighted by Crippen LogP contribution is -2.50. The second-order valence-corrected chi connectivity index (χ2v) is 5.69. The summed E-state index contributed by atoms with van der Waals surface area (Å²) in [4.78, 5) is 15.9. The van der Waals surface area contributed by atoms with Crippen LogP contribution < -0.4 is 0 Å². The summed E-state index contributed by atoms with van der Waals surface area (Å²) in [6, 6.07) is 7.57. The molecule has 0 aromatic heterocycles. The molecule has 5 heteroatoms. The highest BCUT2D eigenvalue weighted by Crippen LogP contribution is 2.29. The number of benzene rings is 1. The van der Waals surface area contributed by atoms with Gasteiger partial charge in [0.15, 0.2) is 0 Å². The van der Waals surface area contributed by atoms with Crippen LogP contribution in [0.1, 0.15) is 18.6 Å². The second kappa shape index (κ2) is 6.57. The highest BCUT2D eigenvalue weighted by Gasteiger charge is 2.30. The predicted molar refractivity (Wildman–Crippen MR) is 79.9 cm³/mol. The topological polar surface area (TPSA) is 32.8 Å². The second-order valence-electron chi connectivity index (χ2n) is 5.28. The van der Waals surface area contributed by atoms with E-state index in [1.54, 1.807) is 19.0 Å². The van der Waals surface area contributed by atoms with Crippen LogP contribution in [0.4, 0.5) is 0 Å². The van der Waals surface area contributed by atoms with Gasteiger partial charge in [0, 0.05) is 37.8 Å². The highest BCUT2D eigenvalue weighted by atomic mass is 35.5. The van der Waals surface area contributed by atoms with Crippen LogP contribution in [0.25, 0.3) is 0 Å². The minimum absolute atomic E-state index is 0.0742. The third-order valence-corrected chi connectivity index (χ3v) is 4.04. The van der Waals surface area contributed by atoms with Crippen molar-refractivity contribution in [1.29, 1.82) is 0 Å². The van der Waals surface area contributed by atoms with Gasteiger partial charge in [0.2, 0.25) is 5.91 Å². The summed E-state index contributed by atoms with van der Waals surface area (Å²) in [7, 11) is 3.57. The van der Waals surface area contributed by atoms with Crippen molar-refractivity contribution in [2.45, 2.75) is 19.1 Å². The molecule has 2 rings (SSSR count). The van der Waals surface area contributed by atoms with Gasteiger partial charge in [0.25, 0.3) is 0 Å². The quantitative estimate of drug-likeness (QED) is 0.857. The van der Waals surface area contributed by atoms with Crippen LogP contribution in [0.2, 0.25) is 5.02 Å². The van der Waals surface area contributed by atoms with Crippen molar-refractivity contribution < 1.29 is 9.53 Å². The number of hydrogen-bond donors (Lipinski definition) is 0. The number of rotatable bonds is 3. The van der Waals surface area contributed by atoms with Gasteiger partial charge in [-0.2, -0.15) is 0 Å². The van der Waals surface area contributed by atoms with E-state index in [2.05, 4.69) is 4.90 Å². The van der Waals surface area contributed by atoms with Gasteiger partial charge in [-0.1, -0.05) is 29.8 Å². The minimum Gasteiger partial charge on any atom is -0.371 e. The Labute approximate surface area is 125 Å². The van der Waals surface area contributed by atoms with E-state index in [4.69, 9.17) is 16.3 Å². The van der Waals surface area contributed by atoms with Crippen molar-refractivity contribution >= 4 is 17.5 Å². The molecule has 20 heavy (non-hydrogen) atoms. The van der Waals surface area contributed by atoms with E-state index in [-0.39, 0.29) is 18.1 Å². The first-order valence-corrected chi connectivity index (χ1v) is 7.19. The van der Waals surface area contributed by atoms with Crippen LogP contribution in [-0.2, 0) is 9.53 Å². The fourth-order valence-corrected chi connectivity index (χ4v) is 2.73. The van der Waals surface area contributed by atoms with Crippen LogP contribution in [0.15, 0.2) is 24.3 Å². The van der Waals surface area contributed by atoms with Crippen molar-refractivity contribution in [3.63, 3.8) is 0 Å². The van der Waals surface area contributed by atoms with E-state index >= 15 is 0 Å². The number of halogens is 1. The van der Waals surface area contributed by atoms with Gasteiger partial charge in [0.05, 0.1) is 18.8 Å². The standard InChI is InChI=1S/C15H21ClN2O2/c1-11(15(19)17(2)3)18-8-9-20-14(10-18)12-6-4-5-7-13(12)16/h4-7,11,14H,8-10H2,1-3H3/t11-,14-/m0/s1. The van der Waals surface area contributed by atoms with Gasteiger partial charge in [-0.25, -0.2) is 0 Å². The van der Waals surface area contributed by atoms with Crippen LogP contribution in [0.5, 0.6) is 0 Å². The Morgan fingerprint density at radius 2 is 2.15 bits per heavy atom. The Bertz CT molecular complexity index is 479. The molecule has 2 atom stereocenters. The summed E-state index contributed by atoms with van der Waals surface area (Å²) in [6.45, 7) is 4.00. The molecule has 1 aromatic carbocycles. The van der Waals surface area contributed by atoms with Gasteiger partial charge < -0.3 is 9.64 Å². The van der Waals surface area contributed by atoms with E-state index in [1.165, 1.54) is 0 Å². The SMILES string of the molecule is C[C@@H](C(=O)N(C)C)N1CCO[C@H](c2ccccc2Cl)C1. The molecular weight excluding hydrogens is 276 g/mol. The predicted octanol–water partition coefficient (Wildman–Crippen LogP) is 2.19. The van der Waals surface area contributed by atoms with Crippen molar-refractivity contribution in [1.82, 2.24) is 9.80 Å². The van der Waals surface area contributed by atoms with Crippen LogP contribution in [0.3, 0.4) is 0 Å². The third-order valence-electron chi connectivity index (χ3n) is 3.70. The molecular formula is C15H21ClN2O2. The zero-order valence-corrected chi connectivity index (χ0v) is 12.9. The van der Waals surface area contributed by atoms with E-state index in [9.17, 15) is 4.79 Å². The number of nitrogens with zero attached hydrogens (tertiary/aromatic N) is 2. The average molecular weight is 297 g/mol. The molecule has 1 amide bonds. The molecule has 0 radical (unpaired) electrons. The summed E-state index contributed by atoms with van der Waals surface area (Å²) < 4.78 is 5.81. The first-order valence-electron chi connectivity index (χ1n) is 6.82. The lowest BCUT2D eigenvalue weighted by Gasteiger charge is -2.37. The first-order chi connectivity index (χ1) is 9.50. The third kappa shape index (κ3) is 3.32. The van der Waals surface area contributed by atoms with Gasteiger partial charge in [-0.05, 0) is 13.0 Å². The Hall–Kier alpha value is -1.10. The fourth-order valence-electron chi connectivity index (χ4n) is 2.48. The molecule has 1 saturated heterocycles. The fraction of sp³-hybridized carbons (Fsp3) is 0.533. The van der Waals surface area contributed by atoms with Gasteiger partial charge in [-0.15, -0.1) is 0 Å². The van der Waals surface area contributed by atoms with E-state index in [0.29, 0.717) is 18.2 Å². The molecule has 110 valence electrons. The highest BCUT2D eigenvalue weighted by molar-refractivity contribution is 6.31. The Kier molecular flexibility index (Phi) is 5.02. The van der Waals surface area contributed by atoms with Gasteiger partial charge >= 0.3 is 0 Å². The summed E-state index contributed by atoms with van der Waals surface area (Å²) in [5.74, 6) is 0.116. The van der Waals surface area contributed by atoms with Crippen molar-refractivity contribution in [2.24, 2.45) is 0 Å². The monoisotopic (exact) mass is 296 g/mol. The van der Waals surface area contributed by atoms with Crippen molar-refractivity contribution in [3.05, 3.63) is 34.9 Å². The molecule has 4 nitrogen and oxygen atoms in total. The number of hydrogen-bond acceptors (Lipinski definition) is 3. The number of carbonyl (C=O) groups excluding carboxylic acids is 1. The zero-order valence-electron chi connectivity index (χ0n) is 12.2. The smallest absolute Gasteiger partial charge is 0.239 e. The average Bonchev–Trinajstić information content (AvgIpc) is 2.46. The lowest BCUT2D eigenvalue weighted by molar-refractivity contribution is -0.137. The summed E-state index contributed by atoms with van der Waals surface area (Å²) in [5, 5.41) is 0.714. The number of ether oxygens (including phenoxy) is 1. The Balaban J connectivity index is 2.09. The van der Waals surface area contributed by atoms with E-state index in [1.807, 2.05) is 31.2 Å².